The van der Waals surface area contributed by atoms with Gasteiger partial charge in [-0.05, 0) is 35.7 Å². The van der Waals surface area contributed by atoms with Crippen molar-refractivity contribution in [2.75, 3.05) is 24.3 Å². The highest BCUT2D eigenvalue weighted by atomic mass is 16.1. The summed E-state index contributed by atoms with van der Waals surface area (Å²) in [6.07, 6.45) is 1.51. The maximum absolute atomic E-state index is 11.1. The maximum atomic E-state index is 11.1. The third kappa shape index (κ3) is 4.83. The van der Waals surface area contributed by atoms with E-state index in [9.17, 15) is 4.79 Å². The minimum absolute atomic E-state index is 0.0758. The highest BCUT2D eigenvalue weighted by molar-refractivity contribution is 5.93. The zero-order chi connectivity index (χ0) is 21.6. The van der Waals surface area contributed by atoms with Crippen LogP contribution >= 0.6 is 0 Å². The molecule has 0 saturated carbocycles. The van der Waals surface area contributed by atoms with Crippen molar-refractivity contribution in [2.24, 2.45) is 0 Å². The van der Waals surface area contributed by atoms with E-state index in [0.29, 0.717) is 0 Å². The van der Waals surface area contributed by atoms with Gasteiger partial charge in [0, 0.05) is 36.9 Å². The SMILES string of the molecule is CN(C)c1cc(Nc2ccc(C(Cc3ccccc3)NC=O)cc2)nc2ccccc12. The Morgan fingerprint density at radius 2 is 1.65 bits per heavy atom. The Balaban J connectivity index is 1.56. The van der Waals surface area contributed by atoms with Gasteiger partial charge >= 0.3 is 0 Å². The number of anilines is 3. The van der Waals surface area contributed by atoms with E-state index in [1.165, 1.54) is 5.56 Å². The van der Waals surface area contributed by atoms with Crippen LogP contribution in [0.3, 0.4) is 0 Å². The highest BCUT2D eigenvalue weighted by Gasteiger charge is 2.12. The lowest BCUT2D eigenvalue weighted by Crippen LogP contribution is -2.21. The lowest BCUT2D eigenvalue weighted by Gasteiger charge is -2.18. The molecule has 0 fully saturated rings. The molecule has 5 heteroatoms. The average Bonchev–Trinajstić information content (AvgIpc) is 2.79. The first-order valence-corrected chi connectivity index (χ1v) is 10.3. The van der Waals surface area contributed by atoms with Gasteiger partial charge in [0.05, 0.1) is 11.6 Å². The van der Waals surface area contributed by atoms with Gasteiger partial charge in [0.2, 0.25) is 6.41 Å². The fourth-order valence-electron chi connectivity index (χ4n) is 3.74. The lowest BCUT2D eigenvalue weighted by molar-refractivity contribution is -0.110. The lowest BCUT2D eigenvalue weighted by atomic mass is 9.99. The molecule has 5 nitrogen and oxygen atoms in total. The van der Waals surface area contributed by atoms with Crippen LogP contribution in [0.4, 0.5) is 17.2 Å². The number of benzene rings is 3. The number of hydrogen-bond donors (Lipinski definition) is 2. The smallest absolute Gasteiger partial charge is 0.207 e. The number of fused-ring (bicyclic) bond motifs is 1. The van der Waals surface area contributed by atoms with Crippen LogP contribution in [0.25, 0.3) is 10.9 Å². The summed E-state index contributed by atoms with van der Waals surface area (Å²) in [5.41, 5.74) is 5.25. The molecular weight excluding hydrogens is 384 g/mol. The van der Waals surface area contributed by atoms with E-state index in [2.05, 4.69) is 39.8 Å². The molecule has 31 heavy (non-hydrogen) atoms. The van der Waals surface area contributed by atoms with Crippen molar-refractivity contribution in [3.05, 3.63) is 96.1 Å². The molecule has 0 radical (unpaired) electrons. The minimum Gasteiger partial charge on any atom is -0.377 e. The number of amides is 1. The quantitative estimate of drug-likeness (QED) is 0.398. The molecule has 0 spiro atoms. The Morgan fingerprint density at radius 3 is 2.35 bits per heavy atom. The minimum atomic E-state index is -0.0758. The Morgan fingerprint density at radius 1 is 0.935 bits per heavy atom. The van der Waals surface area contributed by atoms with Gasteiger partial charge in [-0.15, -0.1) is 0 Å². The van der Waals surface area contributed by atoms with E-state index in [0.717, 1.165) is 46.5 Å². The Labute approximate surface area is 182 Å². The van der Waals surface area contributed by atoms with E-state index in [1.54, 1.807) is 0 Å². The summed E-state index contributed by atoms with van der Waals surface area (Å²) in [6, 6.07) is 28.4. The van der Waals surface area contributed by atoms with E-state index >= 15 is 0 Å². The number of para-hydroxylation sites is 1. The van der Waals surface area contributed by atoms with Gasteiger partial charge in [0.15, 0.2) is 0 Å². The van der Waals surface area contributed by atoms with Crippen LogP contribution in [0.5, 0.6) is 0 Å². The molecule has 2 N–H and O–H groups in total. The molecule has 1 aromatic heterocycles. The van der Waals surface area contributed by atoms with Crippen molar-refractivity contribution in [1.29, 1.82) is 0 Å². The number of carbonyl (C=O) groups is 1. The standard InChI is InChI=1S/C26H26N4O/c1-30(2)25-17-26(29-23-11-7-6-10-22(23)25)28-21-14-12-20(13-15-21)24(27-18-31)16-19-8-4-3-5-9-19/h3-15,17-18,24H,16H2,1-2H3,(H,27,31)(H,28,29). The predicted octanol–water partition coefficient (Wildman–Crippen LogP) is 5.07. The third-order valence-electron chi connectivity index (χ3n) is 5.31. The molecule has 4 aromatic rings. The van der Waals surface area contributed by atoms with E-state index in [4.69, 9.17) is 4.98 Å². The van der Waals surface area contributed by atoms with Crippen LogP contribution in [-0.4, -0.2) is 25.5 Å². The topological polar surface area (TPSA) is 57.3 Å². The maximum Gasteiger partial charge on any atom is 0.207 e. The van der Waals surface area contributed by atoms with E-state index < -0.39 is 0 Å². The van der Waals surface area contributed by atoms with Crippen LogP contribution in [0.15, 0.2) is 84.9 Å². The molecule has 156 valence electrons. The molecule has 0 aliphatic rings. The van der Waals surface area contributed by atoms with Crippen molar-refractivity contribution in [3.8, 4) is 0 Å². The summed E-state index contributed by atoms with van der Waals surface area (Å²) in [5, 5.41) is 7.47. The van der Waals surface area contributed by atoms with Gasteiger partial charge < -0.3 is 15.5 Å². The van der Waals surface area contributed by atoms with Crippen molar-refractivity contribution < 1.29 is 4.79 Å². The third-order valence-corrected chi connectivity index (χ3v) is 5.31. The molecule has 1 heterocycles. The number of nitrogens with zero attached hydrogens (tertiary/aromatic N) is 2. The molecule has 1 amide bonds. The van der Waals surface area contributed by atoms with Crippen LogP contribution in [0, 0.1) is 0 Å². The molecule has 1 unspecified atom stereocenters. The van der Waals surface area contributed by atoms with Gasteiger partial charge in [0.1, 0.15) is 5.82 Å². The second-order valence-corrected chi connectivity index (χ2v) is 7.71. The summed E-state index contributed by atoms with van der Waals surface area (Å²) in [6.45, 7) is 0. The first-order valence-electron chi connectivity index (χ1n) is 10.3. The van der Waals surface area contributed by atoms with Crippen LogP contribution in [0.1, 0.15) is 17.2 Å². The van der Waals surface area contributed by atoms with Crippen LogP contribution in [-0.2, 0) is 11.2 Å². The Kier molecular flexibility index (Phi) is 6.13. The molecule has 3 aromatic carbocycles. The molecule has 0 bridgehead atoms. The van der Waals surface area contributed by atoms with E-state index in [-0.39, 0.29) is 6.04 Å². The fraction of sp³-hybridized carbons (Fsp3) is 0.154. The van der Waals surface area contributed by atoms with Crippen molar-refractivity contribution >= 4 is 34.5 Å². The predicted molar refractivity (Wildman–Crippen MR) is 128 cm³/mol. The molecule has 4 rings (SSSR count). The largest absolute Gasteiger partial charge is 0.377 e. The van der Waals surface area contributed by atoms with Crippen LogP contribution in [0.2, 0.25) is 0 Å². The first kappa shape index (κ1) is 20.4. The first-order chi connectivity index (χ1) is 15.1. The second-order valence-electron chi connectivity index (χ2n) is 7.71. The molecule has 1 atom stereocenters. The number of aromatic nitrogens is 1. The fourth-order valence-corrected chi connectivity index (χ4v) is 3.74. The number of hydrogen-bond acceptors (Lipinski definition) is 4. The molecule has 0 aliphatic heterocycles. The van der Waals surface area contributed by atoms with Gasteiger partial charge in [-0.3, -0.25) is 4.79 Å². The second kappa shape index (κ2) is 9.30. The molecular formula is C26H26N4O. The zero-order valence-electron chi connectivity index (χ0n) is 17.7. The monoisotopic (exact) mass is 410 g/mol. The molecule has 0 aliphatic carbocycles. The normalized spacial score (nSPS) is 11.7. The van der Waals surface area contributed by atoms with Crippen molar-refractivity contribution in [1.82, 2.24) is 10.3 Å². The van der Waals surface area contributed by atoms with Gasteiger partial charge in [-0.2, -0.15) is 0 Å². The summed E-state index contributed by atoms with van der Waals surface area (Å²) >= 11 is 0. The number of nitrogens with one attached hydrogen (secondary N) is 2. The summed E-state index contributed by atoms with van der Waals surface area (Å²) in [4.78, 5) is 18.0. The number of carbonyl (C=O) groups excluding carboxylic acids is 1. The van der Waals surface area contributed by atoms with Gasteiger partial charge in [-0.1, -0.05) is 60.7 Å². The summed E-state index contributed by atoms with van der Waals surface area (Å²) in [5.74, 6) is 0.794. The summed E-state index contributed by atoms with van der Waals surface area (Å²) in [7, 11) is 4.07. The Hall–Kier alpha value is -3.86. The number of rotatable bonds is 8. The van der Waals surface area contributed by atoms with Crippen molar-refractivity contribution in [2.45, 2.75) is 12.5 Å². The van der Waals surface area contributed by atoms with E-state index in [1.807, 2.05) is 74.8 Å². The Bertz CT molecular complexity index is 1160. The van der Waals surface area contributed by atoms with Gasteiger partial charge in [0.25, 0.3) is 0 Å². The highest BCUT2D eigenvalue weighted by Crippen LogP contribution is 2.29. The van der Waals surface area contributed by atoms with Crippen LogP contribution < -0.4 is 15.5 Å². The zero-order valence-corrected chi connectivity index (χ0v) is 17.7. The molecule has 0 saturated heterocycles. The van der Waals surface area contributed by atoms with Crippen molar-refractivity contribution in [3.63, 3.8) is 0 Å². The summed E-state index contributed by atoms with van der Waals surface area (Å²) < 4.78 is 0. The average molecular weight is 411 g/mol. The number of pyridine rings is 1. The van der Waals surface area contributed by atoms with Gasteiger partial charge in [-0.25, -0.2) is 4.98 Å².